The van der Waals surface area contributed by atoms with Gasteiger partial charge in [0.15, 0.2) is 0 Å². The predicted octanol–water partition coefficient (Wildman–Crippen LogP) is 3.25. The van der Waals surface area contributed by atoms with Crippen molar-refractivity contribution >= 4 is 0 Å². The Morgan fingerprint density at radius 2 is 1.87 bits per heavy atom. The minimum atomic E-state index is 0.365. The molecule has 5 heteroatoms. The summed E-state index contributed by atoms with van der Waals surface area (Å²) in [4.78, 5) is 6.91. The van der Waals surface area contributed by atoms with E-state index in [1.165, 1.54) is 18.4 Å². The van der Waals surface area contributed by atoms with Gasteiger partial charge < -0.3 is 4.74 Å². The van der Waals surface area contributed by atoms with Crippen LogP contribution in [0.3, 0.4) is 0 Å². The van der Waals surface area contributed by atoms with Crippen molar-refractivity contribution in [1.29, 1.82) is 0 Å². The minimum Gasteiger partial charge on any atom is -0.497 e. The monoisotopic (exact) mass is 314 g/mol. The Bertz CT molecular complexity index is 612. The third kappa shape index (κ3) is 3.72. The number of aromatic nitrogens is 3. The van der Waals surface area contributed by atoms with Gasteiger partial charge in [-0.25, -0.2) is 9.67 Å². The molecule has 1 saturated heterocycles. The first-order chi connectivity index (χ1) is 11.2. The summed E-state index contributed by atoms with van der Waals surface area (Å²) in [6.45, 7) is 7.42. The van der Waals surface area contributed by atoms with Gasteiger partial charge in [0.1, 0.15) is 17.9 Å². The number of methoxy groups -OCH3 is 1. The highest BCUT2D eigenvalue weighted by atomic mass is 16.5. The third-order valence-corrected chi connectivity index (χ3v) is 4.68. The fourth-order valence-electron chi connectivity index (χ4n) is 3.32. The number of ether oxygens (including phenoxy) is 1. The number of piperidine rings is 1. The van der Waals surface area contributed by atoms with Gasteiger partial charge >= 0.3 is 0 Å². The molecule has 0 unspecified atom stereocenters. The van der Waals surface area contributed by atoms with Gasteiger partial charge in [0, 0.05) is 6.04 Å². The molecule has 3 rings (SSSR count). The second kappa shape index (κ2) is 7.13. The summed E-state index contributed by atoms with van der Waals surface area (Å²) >= 11 is 0. The van der Waals surface area contributed by atoms with Crippen molar-refractivity contribution in [2.45, 2.75) is 45.2 Å². The zero-order chi connectivity index (χ0) is 16.2. The van der Waals surface area contributed by atoms with E-state index in [9.17, 15) is 0 Å². The SMILES string of the molecule is COc1ccc(C2CCN(Cc3ncnn3C(C)C)CC2)cc1. The highest BCUT2D eigenvalue weighted by Gasteiger charge is 2.22. The summed E-state index contributed by atoms with van der Waals surface area (Å²) in [5.41, 5.74) is 1.43. The van der Waals surface area contributed by atoms with E-state index in [0.29, 0.717) is 12.0 Å². The lowest BCUT2D eigenvalue weighted by Crippen LogP contribution is -2.33. The summed E-state index contributed by atoms with van der Waals surface area (Å²) < 4.78 is 7.26. The van der Waals surface area contributed by atoms with Crippen LogP contribution in [0.2, 0.25) is 0 Å². The molecule has 124 valence electrons. The Morgan fingerprint density at radius 1 is 1.17 bits per heavy atom. The third-order valence-electron chi connectivity index (χ3n) is 4.68. The maximum Gasteiger partial charge on any atom is 0.141 e. The van der Waals surface area contributed by atoms with Crippen LogP contribution in [0.25, 0.3) is 0 Å². The molecule has 0 bridgehead atoms. The van der Waals surface area contributed by atoms with Crippen LogP contribution in [0.4, 0.5) is 0 Å². The van der Waals surface area contributed by atoms with E-state index in [1.54, 1.807) is 13.4 Å². The smallest absolute Gasteiger partial charge is 0.141 e. The molecule has 1 aliphatic rings. The van der Waals surface area contributed by atoms with Crippen molar-refractivity contribution in [3.8, 4) is 5.75 Å². The molecule has 0 spiro atoms. The summed E-state index contributed by atoms with van der Waals surface area (Å²) in [6.07, 6.45) is 4.06. The fourth-order valence-corrected chi connectivity index (χ4v) is 3.32. The van der Waals surface area contributed by atoms with E-state index < -0.39 is 0 Å². The fraction of sp³-hybridized carbons (Fsp3) is 0.556. The van der Waals surface area contributed by atoms with Gasteiger partial charge in [-0.2, -0.15) is 5.10 Å². The molecule has 2 aromatic rings. The molecule has 0 radical (unpaired) electrons. The number of nitrogens with zero attached hydrogens (tertiary/aromatic N) is 4. The molecular formula is C18H26N4O. The van der Waals surface area contributed by atoms with Crippen molar-refractivity contribution in [1.82, 2.24) is 19.7 Å². The number of likely N-dealkylation sites (tertiary alicyclic amines) is 1. The van der Waals surface area contributed by atoms with Crippen molar-refractivity contribution in [2.24, 2.45) is 0 Å². The molecule has 5 nitrogen and oxygen atoms in total. The standard InChI is InChI=1S/C18H26N4O/c1-14(2)22-18(19-13-20-22)12-21-10-8-16(9-11-21)15-4-6-17(23-3)7-5-15/h4-7,13-14,16H,8-12H2,1-3H3. The zero-order valence-electron chi connectivity index (χ0n) is 14.3. The van der Waals surface area contributed by atoms with Gasteiger partial charge in [-0.1, -0.05) is 12.1 Å². The van der Waals surface area contributed by atoms with Gasteiger partial charge in [0.05, 0.1) is 13.7 Å². The van der Waals surface area contributed by atoms with Crippen LogP contribution in [-0.4, -0.2) is 39.9 Å². The van der Waals surface area contributed by atoms with Crippen molar-refractivity contribution < 1.29 is 4.74 Å². The van der Waals surface area contributed by atoms with Crippen LogP contribution in [-0.2, 0) is 6.54 Å². The first-order valence-corrected chi connectivity index (χ1v) is 8.42. The van der Waals surface area contributed by atoms with E-state index in [4.69, 9.17) is 4.74 Å². The van der Waals surface area contributed by atoms with Crippen molar-refractivity contribution in [3.05, 3.63) is 42.0 Å². The Balaban J connectivity index is 1.56. The molecule has 1 aromatic heterocycles. The molecule has 0 amide bonds. The van der Waals surface area contributed by atoms with Gasteiger partial charge in [-0.05, 0) is 63.4 Å². The van der Waals surface area contributed by atoms with E-state index in [-0.39, 0.29) is 0 Å². The average molecular weight is 314 g/mol. The largest absolute Gasteiger partial charge is 0.497 e. The molecule has 1 aromatic carbocycles. The van der Waals surface area contributed by atoms with Gasteiger partial charge in [-0.3, -0.25) is 4.90 Å². The zero-order valence-corrected chi connectivity index (χ0v) is 14.3. The minimum absolute atomic E-state index is 0.365. The molecule has 23 heavy (non-hydrogen) atoms. The lowest BCUT2D eigenvalue weighted by Gasteiger charge is -2.32. The van der Waals surface area contributed by atoms with Gasteiger partial charge in [-0.15, -0.1) is 0 Å². The normalized spacial score (nSPS) is 16.9. The predicted molar refractivity (Wildman–Crippen MR) is 90.7 cm³/mol. The second-order valence-corrected chi connectivity index (χ2v) is 6.54. The van der Waals surface area contributed by atoms with Crippen LogP contribution in [0, 0.1) is 0 Å². The van der Waals surface area contributed by atoms with Gasteiger partial charge in [0.2, 0.25) is 0 Å². The molecular weight excluding hydrogens is 288 g/mol. The lowest BCUT2D eigenvalue weighted by atomic mass is 9.89. The number of benzene rings is 1. The summed E-state index contributed by atoms with van der Waals surface area (Å²) in [5.74, 6) is 2.65. The van der Waals surface area contributed by atoms with E-state index in [1.807, 2.05) is 4.68 Å². The molecule has 1 aliphatic heterocycles. The Hall–Kier alpha value is -1.88. The summed E-state index contributed by atoms with van der Waals surface area (Å²) in [5, 5.41) is 4.33. The Labute approximate surface area is 138 Å². The van der Waals surface area contributed by atoms with Crippen molar-refractivity contribution in [3.63, 3.8) is 0 Å². The number of rotatable bonds is 5. The van der Waals surface area contributed by atoms with E-state index in [0.717, 1.165) is 31.2 Å². The van der Waals surface area contributed by atoms with Crippen molar-refractivity contribution in [2.75, 3.05) is 20.2 Å². The molecule has 1 fully saturated rings. The maximum atomic E-state index is 5.24. The summed E-state index contributed by atoms with van der Waals surface area (Å²) in [7, 11) is 1.71. The van der Waals surface area contributed by atoms with Crippen LogP contribution in [0.5, 0.6) is 5.75 Å². The molecule has 0 N–H and O–H groups in total. The van der Waals surface area contributed by atoms with Gasteiger partial charge in [0.25, 0.3) is 0 Å². The number of hydrogen-bond donors (Lipinski definition) is 0. The summed E-state index contributed by atoms with van der Waals surface area (Å²) in [6, 6.07) is 8.90. The first kappa shape index (κ1) is 16.0. The lowest BCUT2D eigenvalue weighted by molar-refractivity contribution is 0.196. The highest BCUT2D eigenvalue weighted by molar-refractivity contribution is 5.29. The Morgan fingerprint density at radius 3 is 2.48 bits per heavy atom. The van der Waals surface area contributed by atoms with Crippen LogP contribution in [0.15, 0.2) is 30.6 Å². The Kier molecular flexibility index (Phi) is 4.96. The quantitative estimate of drug-likeness (QED) is 0.850. The molecule has 0 aliphatic carbocycles. The number of hydrogen-bond acceptors (Lipinski definition) is 4. The highest BCUT2D eigenvalue weighted by Crippen LogP contribution is 2.29. The van der Waals surface area contributed by atoms with Crippen LogP contribution < -0.4 is 4.74 Å². The topological polar surface area (TPSA) is 43.2 Å². The average Bonchev–Trinajstić information content (AvgIpc) is 3.04. The molecule has 2 heterocycles. The molecule has 0 atom stereocenters. The van der Waals surface area contributed by atoms with E-state index >= 15 is 0 Å². The van der Waals surface area contributed by atoms with Crippen LogP contribution >= 0.6 is 0 Å². The van der Waals surface area contributed by atoms with E-state index in [2.05, 4.69) is 53.1 Å². The molecule has 0 saturated carbocycles. The first-order valence-electron chi connectivity index (χ1n) is 8.42. The second-order valence-electron chi connectivity index (χ2n) is 6.54. The maximum absolute atomic E-state index is 5.24. The van der Waals surface area contributed by atoms with Crippen LogP contribution in [0.1, 0.15) is 50.0 Å².